The summed E-state index contributed by atoms with van der Waals surface area (Å²) in [6.07, 6.45) is 5.90. The average Bonchev–Trinajstić information content (AvgIpc) is 2.86. The van der Waals surface area contributed by atoms with Crippen LogP contribution >= 0.6 is 12.4 Å². The van der Waals surface area contributed by atoms with Gasteiger partial charge in [-0.2, -0.15) is 0 Å². The molecule has 72 valence electrons. The van der Waals surface area contributed by atoms with Crippen molar-refractivity contribution in [3.63, 3.8) is 0 Å². The first-order valence-corrected chi connectivity index (χ1v) is 4.70. The van der Waals surface area contributed by atoms with Gasteiger partial charge in [-0.15, -0.1) is 12.4 Å². The molecule has 1 aromatic rings. The van der Waals surface area contributed by atoms with Crippen LogP contribution in [0.15, 0.2) is 6.33 Å². The van der Waals surface area contributed by atoms with Gasteiger partial charge < -0.3 is 9.88 Å². The predicted molar refractivity (Wildman–Crippen MR) is 53.2 cm³/mol. The first-order valence-electron chi connectivity index (χ1n) is 4.70. The molecule has 0 spiro atoms. The largest absolute Gasteiger partial charge is 0.331 e. The second-order valence-electron chi connectivity index (χ2n) is 3.70. The monoisotopic (exact) mass is 199 g/mol. The molecule has 0 atom stereocenters. The zero-order valence-electron chi connectivity index (χ0n) is 7.49. The Balaban J connectivity index is 0.000000653. The van der Waals surface area contributed by atoms with E-state index in [2.05, 4.69) is 14.9 Å². The zero-order chi connectivity index (χ0) is 7.97. The number of nitrogens with zero attached hydrogens (tertiary/aromatic N) is 2. The molecule has 0 saturated heterocycles. The summed E-state index contributed by atoms with van der Waals surface area (Å²) in [6, 6.07) is 0.791. The van der Waals surface area contributed by atoms with Gasteiger partial charge in [0.1, 0.15) is 0 Å². The fourth-order valence-electron chi connectivity index (χ4n) is 1.93. The number of halogens is 1. The third-order valence-corrected chi connectivity index (χ3v) is 2.75. The van der Waals surface area contributed by atoms with E-state index >= 15 is 0 Å². The molecule has 0 aromatic carbocycles. The molecule has 1 aliphatic carbocycles. The van der Waals surface area contributed by atoms with Crippen LogP contribution in [0.1, 0.15) is 30.3 Å². The third kappa shape index (κ3) is 1.46. The van der Waals surface area contributed by atoms with Crippen molar-refractivity contribution in [3.05, 3.63) is 17.7 Å². The van der Waals surface area contributed by atoms with Gasteiger partial charge in [0.2, 0.25) is 0 Å². The lowest BCUT2D eigenvalue weighted by Gasteiger charge is -2.14. The molecule has 4 heteroatoms. The highest BCUT2D eigenvalue weighted by Crippen LogP contribution is 2.36. The van der Waals surface area contributed by atoms with Crippen LogP contribution in [-0.2, 0) is 13.0 Å². The fourth-order valence-corrected chi connectivity index (χ4v) is 1.93. The maximum absolute atomic E-state index is 4.42. The second kappa shape index (κ2) is 3.31. The highest BCUT2D eigenvalue weighted by molar-refractivity contribution is 5.85. The van der Waals surface area contributed by atoms with Gasteiger partial charge >= 0.3 is 0 Å². The van der Waals surface area contributed by atoms with Crippen LogP contribution in [0, 0.1) is 0 Å². The first-order chi connectivity index (χ1) is 5.95. The number of rotatable bonds is 1. The van der Waals surface area contributed by atoms with E-state index in [0.717, 1.165) is 25.6 Å². The minimum Gasteiger partial charge on any atom is -0.331 e. The molecule has 1 aliphatic heterocycles. The maximum atomic E-state index is 4.42. The summed E-state index contributed by atoms with van der Waals surface area (Å²) >= 11 is 0. The molecule has 1 saturated carbocycles. The summed E-state index contributed by atoms with van der Waals surface area (Å²) < 4.78 is 2.39. The number of nitrogens with one attached hydrogen (secondary N) is 1. The Hall–Kier alpha value is -0.540. The van der Waals surface area contributed by atoms with E-state index in [1.165, 1.54) is 24.2 Å². The molecule has 1 fully saturated rings. The predicted octanol–water partition coefficient (Wildman–Crippen LogP) is 1.29. The van der Waals surface area contributed by atoms with Crippen LogP contribution in [0.4, 0.5) is 0 Å². The molecule has 0 radical (unpaired) electrons. The number of fused-ring (bicyclic) bond motifs is 1. The van der Waals surface area contributed by atoms with Crippen molar-refractivity contribution in [3.8, 4) is 0 Å². The topological polar surface area (TPSA) is 29.9 Å². The molecular weight excluding hydrogens is 186 g/mol. The molecule has 3 nitrogen and oxygen atoms in total. The van der Waals surface area contributed by atoms with Crippen molar-refractivity contribution in [1.29, 1.82) is 0 Å². The van der Waals surface area contributed by atoms with Crippen molar-refractivity contribution < 1.29 is 0 Å². The minimum absolute atomic E-state index is 0. The molecule has 0 bridgehead atoms. The van der Waals surface area contributed by atoms with E-state index in [9.17, 15) is 0 Å². The van der Waals surface area contributed by atoms with Crippen LogP contribution in [0.3, 0.4) is 0 Å². The highest BCUT2D eigenvalue weighted by atomic mass is 35.5. The van der Waals surface area contributed by atoms with Crippen molar-refractivity contribution in [1.82, 2.24) is 14.9 Å². The lowest BCUT2D eigenvalue weighted by molar-refractivity contribution is 0.592. The average molecular weight is 200 g/mol. The number of hydrogen-bond acceptors (Lipinski definition) is 2. The number of imidazole rings is 1. The van der Waals surface area contributed by atoms with Gasteiger partial charge in [0, 0.05) is 31.2 Å². The Kier molecular flexibility index (Phi) is 2.30. The van der Waals surface area contributed by atoms with Crippen LogP contribution in [0.25, 0.3) is 0 Å². The lowest BCUT2D eigenvalue weighted by Crippen LogP contribution is -2.24. The SMILES string of the molecule is Cl.c1nc2c(n1C1CC1)CCNC2. The Morgan fingerprint density at radius 1 is 1.46 bits per heavy atom. The standard InChI is InChI=1S/C9H13N3.ClH/c1-2-7(1)12-6-11-8-5-10-4-3-9(8)12;/h6-7,10H,1-5H2;1H. The van der Waals surface area contributed by atoms with Crippen LogP contribution in [-0.4, -0.2) is 16.1 Å². The number of aromatic nitrogens is 2. The molecule has 1 aromatic heterocycles. The summed E-state index contributed by atoms with van der Waals surface area (Å²) in [5.74, 6) is 0. The fraction of sp³-hybridized carbons (Fsp3) is 0.667. The molecule has 13 heavy (non-hydrogen) atoms. The van der Waals surface area contributed by atoms with E-state index in [1.807, 2.05) is 6.33 Å². The first kappa shape index (κ1) is 9.03. The van der Waals surface area contributed by atoms with E-state index in [0.29, 0.717) is 0 Å². The van der Waals surface area contributed by atoms with Gasteiger partial charge in [-0.1, -0.05) is 0 Å². The molecule has 0 amide bonds. The van der Waals surface area contributed by atoms with Gasteiger partial charge in [0.25, 0.3) is 0 Å². The van der Waals surface area contributed by atoms with E-state index in [-0.39, 0.29) is 12.4 Å². The van der Waals surface area contributed by atoms with Crippen molar-refractivity contribution in [2.75, 3.05) is 6.54 Å². The van der Waals surface area contributed by atoms with Crippen molar-refractivity contribution in [2.45, 2.75) is 31.8 Å². The van der Waals surface area contributed by atoms with E-state index in [4.69, 9.17) is 0 Å². The number of hydrogen-bond donors (Lipinski definition) is 1. The summed E-state index contributed by atoms with van der Waals surface area (Å²) in [5, 5.41) is 3.34. The second-order valence-corrected chi connectivity index (χ2v) is 3.70. The van der Waals surface area contributed by atoms with Crippen molar-refractivity contribution in [2.24, 2.45) is 0 Å². The van der Waals surface area contributed by atoms with Gasteiger partial charge in [0.15, 0.2) is 0 Å². The maximum Gasteiger partial charge on any atom is 0.0954 e. The van der Waals surface area contributed by atoms with Gasteiger partial charge in [-0.05, 0) is 12.8 Å². The smallest absolute Gasteiger partial charge is 0.0954 e. The van der Waals surface area contributed by atoms with Gasteiger partial charge in [-0.3, -0.25) is 0 Å². The lowest BCUT2D eigenvalue weighted by atomic mass is 10.2. The minimum atomic E-state index is 0. The van der Waals surface area contributed by atoms with E-state index in [1.54, 1.807) is 0 Å². The molecule has 2 aliphatic rings. The van der Waals surface area contributed by atoms with Gasteiger partial charge in [0.05, 0.1) is 12.0 Å². The summed E-state index contributed by atoms with van der Waals surface area (Å²) in [7, 11) is 0. The molecule has 0 unspecified atom stereocenters. The molecule has 1 N–H and O–H groups in total. The molecule has 3 rings (SSSR count). The van der Waals surface area contributed by atoms with Crippen LogP contribution in [0.2, 0.25) is 0 Å². The normalized spacial score (nSPS) is 20.6. The zero-order valence-corrected chi connectivity index (χ0v) is 8.31. The Morgan fingerprint density at radius 2 is 2.31 bits per heavy atom. The van der Waals surface area contributed by atoms with Crippen LogP contribution < -0.4 is 5.32 Å². The van der Waals surface area contributed by atoms with Crippen molar-refractivity contribution >= 4 is 12.4 Å². The Morgan fingerprint density at radius 3 is 3.08 bits per heavy atom. The summed E-state index contributed by atoms with van der Waals surface area (Å²) in [6.45, 7) is 2.08. The molecular formula is C9H14ClN3. The Bertz CT molecular complexity index is 304. The quantitative estimate of drug-likeness (QED) is 0.739. The van der Waals surface area contributed by atoms with Gasteiger partial charge in [-0.25, -0.2) is 4.98 Å². The van der Waals surface area contributed by atoms with E-state index < -0.39 is 0 Å². The molecule has 2 heterocycles. The van der Waals surface area contributed by atoms with Crippen LogP contribution in [0.5, 0.6) is 0 Å². The summed E-state index contributed by atoms with van der Waals surface area (Å²) in [5.41, 5.74) is 2.75. The highest BCUT2D eigenvalue weighted by Gasteiger charge is 2.27. The third-order valence-electron chi connectivity index (χ3n) is 2.75. The Labute approximate surface area is 84.0 Å². The summed E-state index contributed by atoms with van der Waals surface area (Å²) in [4.78, 5) is 4.42.